The molecule has 0 aromatic heterocycles. The number of benzene rings is 4. The molecule has 70 heavy (non-hydrogen) atoms. The number of Topliss-reactive ketones (excluding diaryl/α,β-unsaturated/α-hetero) is 1. The second-order valence-electron chi connectivity index (χ2n) is 19.1. The minimum absolute atomic E-state index is 0.0322. The molecule has 16 heteroatoms. The van der Waals surface area contributed by atoms with Crippen LogP contribution >= 0.6 is 0 Å². The van der Waals surface area contributed by atoms with E-state index in [1.54, 1.807) is 111 Å². The summed E-state index contributed by atoms with van der Waals surface area (Å²) < 4.78 is 36.9. The number of ketones is 1. The van der Waals surface area contributed by atoms with Gasteiger partial charge in [0.2, 0.25) is 6.10 Å². The quantitative estimate of drug-likeness (QED) is 0.0892. The van der Waals surface area contributed by atoms with Crippen molar-refractivity contribution in [1.82, 2.24) is 5.32 Å². The highest BCUT2D eigenvalue weighted by Crippen LogP contribution is 2.64. The standard InChI is InChI=1S/C54H55NO15/c1-30-37(67-50(63)43(68-48(61)35-23-15-9-16-24-35)41(33-19-11-7-12-20-33)55-47(60)34-21-13-8-14-22-34)28-54(64)46(69-49(62)36-25-17-10-18-26-36)44-52(6,38(58)27-39-53(44,29-65-39)70-32(3)57)45(59)42(66-31(2)56)40(30)51(54,4)5/h7-26,37-39,41-44,46,58,64H,27-29H2,1-6H3,(H,55,60)/t37-,38-,39+,41-,42+,43+,44?,46-,52+,53-,54+/m0/s1. The Kier molecular flexibility index (Phi) is 13.5. The summed E-state index contributed by atoms with van der Waals surface area (Å²) in [7, 11) is 0. The zero-order valence-corrected chi connectivity index (χ0v) is 39.5. The summed E-state index contributed by atoms with van der Waals surface area (Å²) in [6.07, 6.45) is -10.7. The van der Waals surface area contributed by atoms with E-state index in [2.05, 4.69) is 5.32 Å². The van der Waals surface area contributed by atoms with Gasteiger partial charge in [-0.1, -0.05) is 98.8 Å². The van der Waals surface area contributed by atoms with Crippen LogP contribution in [-0.4, -0.2) is 106 Å². The van der Waals surface area contributed by atoms with Gasteiger partial charge in [0.05, 0.1) is 35.2 Å². The van der Waals surface area contributed by atoms with Crippen molar-refractivity contribution in [3.8, 4) is 0 Å². The van der Waals surface area contributed by atoms with E-state index in [1.165, 1.54) is 38.1 Å². The van der Waals surface area contributed by atoms with Gasteiger partial charge < -0.3 is 44.0 Å². The average molecular weight is 958 g/mol. The number of hydrogen-bond donors (Lipinski definition) is 3. The third-order valence-corrected chi connectivity index (χ3v) is 14.7. The molecule has 4 aliphatic rings. The molecule has 1 saturated heterocycles. The number of fused-ring (bicyclic) bond motifs is 5. The first-order chi connectivity index (χ1) is 33.2. The van der Waals surface area contributed by atoms with Crippen LogP contribution in [0.1, 0.15) is 97.1 Å². The molecule has 3 N–H and O–H groups in total. The van der Waals surface area contributed by atoms with Gasteiger partial charge in [0, 0.05) is 37.7 Å². The minimum Gasteiger partial charge on any atom is -0.455 e. The number of ether oxygens (including phenoxy) is 6. The van der Waals surface area contributed by atoms with Gasteiger partial charge in [0.25, 0.3) is 5.91 Å². The molecular formula is C54H55NO15. The molecule has 1 unspecified atom stereocenters. The smallest absolute Gasteiger partial charge is 0.350 e. The van der Waals surface area contributed by atoms with Crippen LogP contribution in [0.4, 0.5) is 0 Å². The lowest BCUT2D eigenvalue weighted by molar-refractivity contribution is -0.346. The van der Waals surface area contributed by atoms with Crippen molar-refractivity contribution in [3.63, 3.8) is 0 Å². The zero-order valence-electron chi connectivity index (χ0n) is 39.5. The average Bonchev–Trinajstić information content (AvgIpc) is 3.34. The molecule has 11 atom stereocenters. The number of nitrogens with one attached hydrogen (secondary N) is 1. The highest BCUT2D eigenvalue weighted by Gasteiger charge is 2.78. The molecule has 2 saturated carbocycles. The lowest BCUT2D eigenvalue weighted by Crippen LogP contribution is -2.82. The van der Waals surface area contributed by atoms with Crippen LogP contribution in [-0.2, 0) is 47.6 Å². The first-order valence-corrected chi connectivity index (χ1v) is 23.0. The van der Waals surface area contributed by atoms with Crippen molar-refractivity contribution in [2.75, 3.05) is 6.61 Å². The van der Waals surface area contributed by atoms with Gasteiger partial charge in [-0.15, -0.1) is 0 Å². The Labute approximate surface area is 404 Å². The van der Waals surface area contributed by atoms with E-state index in [9.17, 15) is 34.2 Å². The zero-order chi connectivity index (χ0) is 50.3. The molecule has 2 bridgehead atoms. The maximum atomic E-state index is 15.7. The number of carbonyl (C=O) groups is 7. The topological polar surface area (TPSA) is 227 Å². The van der Waals surface area contributed by atoms with Crippen molar-refractivity contribution in [2.45, 2.75) is 108 Å². The van der Waals surface area contributed by atoms with Crippen LogP contribution in [0.3, 0.4) is 0 Å². The van der Waals surface area contributed by atoms with Crippen molar-refractivity contribution in [3.05, 3.63) is 155 Å². The van der Waals surface area contributed by atoms with Crippen LogP contribution < -0.4 is 5.32 Å². The third kappa shape index (κ3) is 8.57. The summed E-state index contributed by atoms with van der Waals surface area (Å²) in [4.78, 5) is 99.7. The summed E-state index contributed by atoms with van der Waals surface area (Å²) in [5.41, 5.74) is -7.28. The largest absolute Gasteiger partial charge is 0.455 e. The Morgan fingerprint density at radius 1 is 0.729 bits per heavy atom. The van der Waals surface area contributed by atoms with E-state index in [0.717, 1.165) is 13.8 Å². The third-order valence-electron chi connectivity index (χ3n) is 14.7. The van der Waals surface area contributed by atoms with Gasteiger partial charge in [0.1, 0.15) is 30.0 Å². The van der Waals surface area contributed by atoms with E-state index in [-0.39, 0.29) is 40.9 Å². The minimum atomic E-state index is -2.46. The lowest BCUT2D eigenvalue weighted by Gasteiger charge is -2.67. The molecule has 0 spiro atoms. The van der Waals surface area contributed by atoms with Crippen molar-refractivity contribution in [1.29, 1.82) is 0 Å². The molecule has 8 rings (SSSR count). The van der Waals surface area contributed by atoms with Crippen LogP contribution in [0.5, 0.6) is 0 Å². The molecule has 1 aliphatic heterocycles. The van der Waals surface area contributed by atoms with Gasteiger partial charge in [-0.05, 0) is 67.0 Å². The van der Waals surface area contributed by atoms with Crippen molar-refractivity contribution >= 4 is 41.5 Å². The van der Waals surface area contributed by atoms with Gasteiger partial charge >= 0.3 is 29.8 Å². The number of rotatable bonds is 12. The van der Waals surface area contributed by atoms with Crippen LogP contribution in [0.2, 0.25) is 0 Å². The first kappa shape index (κ1) is 49.4. The van der Waals surface area contributed by atoms with Gasteiger partial charge in [-0.3, -0.25) is 19.2 Å². The number of carbonyl (C=O) groups excluding carboxylic acids is 7. The molecule has 1 heterocycles. The Bertz CT molecular complexity index is 2710. The number of hydrogen-bond acceptors (Lipinski definition) is 15. The maximum Gasteiger partial charge on any atom is 0.350 e. The molecule has 1 amide bonds. The molecule has 4 aromatic rings. The SMILES string of the molecule is CC(=O)O[C@H]1C(=O)[C@@]2(C)C([C@H](OC(=O)c3ccccc3)[C@]3(O)C[C@H](OC(=O)[C@H](OC(=O)c4ccccc4)[C@@H](NC(=O)c4ccccc4)c4ccccc4)C(C)=C1C3(C)C)[C@]1(OC(C)=O)CO[C@@H]1C[C@@H]2O. The monoisotopic (exact) mass is 957 g/mol. The molecule has 4 aromatic carbocycles. The van der Waals surface area contributed by atoms with E-state index in [0.29, 0.717) is 5.56 Å². The molecule has 366 valence electrons. The second-order valence-corrected chi connectivity index (χ2v) is 19.1. The lowest BCUT2D eigenvalue weighted by atomic mass is 9.44. The number of amides is 1. The summed E-state index contributed by atoms with van der Waals surface area (Å²) >= 11 is 0. The predicted molar refractivity (Wildman–Crippen MR) is 247 cm³/mol. The van der Waals surface area contributed by atoms with Crippen molar-refractivity contribution < 1.29 is 72.2 Å². The fraction of sp³-hybridized carbons (Fsp3) is 0.389. The number of esters is 5. The predicted octanol–water partition coefficient (Wildman–Crippen LogP) is 5.60. The van der Waals surface area contributed by atoms with Gasteiger partial charge in [-0.2, -0.15) is 0 Å². The van der Waals surface area contributed by atoms with E-state index in [4.69, 9.17) is 28.4 Å². The highest BCUT2D eigenvalue weighted by atomic mass is 16.6. The van der Waals surface area contributed by atoms with Crippen molar-refractivity contribution in [2.24, 2.45) is 16.7 Å². The van der Waals surface area contributed by atoms with Gasteiger partial charge in [0.15, 0.2) is 17.5 Å². The summed E-state index contributed by atoms with van der Waals surface area (Å²) in [5, 5.41) is 29.0. The van der Waals surface area contributed by atoms with E-state index >= 15 is 9.59 Å². The fourth-order valence-corrected chi connectivity index (χ4v) is 11.0. The van der Waals surface area contributed by atoms with E-state index in [1.807, 2.05) is 0 Å². The van der Waals surface area contributed by atoms with Crippen LogP contribution in [0.15, 0.2) is 132 Å². The fourth-order valence-electron chi connectivity index (χ4n) is 11.0. The molecule has 3 fully saturated rings. The van der Waals surface area contributed by atoms with Crippen LogP contribution in [0.25, 0.3) is 0 Å². The molecule has 3 aliphatic carbocycles. The first-order valence-electron chi connectivity index (χ1n) is 23.0. The summed E-state index contributed by atoms with van der Waals surface area (Å²) in [6, 6.07) is 30.7. The summed E-state index contributed by atoms with van der Waals surface area (Å²) in [6.45, 7) is 7.93. The highest BCUT2D eigenvalue weighted by molar-refractivity contribution is 5.97. The molecule has 16 nitrogen and oxygen atoms in total. The Morgan fingerprint density at radius 3 is 1.80 bits per heavy atom. The number of aliphatic hydroxyl groups is 2. The Morgan fingerprint density at radius 2 is 1.27 bits per heavy atom. The Hall–Kier alpha value is -7.01. The second kappa shape index (κ2) is 19.1. The normalized spacial score (nSPS) is 29.4. The summed E-state index contributed by atoms with van der Waals surface area (Å²) in [5.74, 6) is -7.92. The molecule has 0 radical (unpaired) electrons. The van der Waals surface area contributed by atoms with Gasteiger partial charge in [-0.25, -0.2) is 14.4 Å². The van der Waals surface area contributed by atoms with Crippen LogP contribution in [0, 0.1) is 16.7 Å². The molecular weight excluding hydrogens is 903 g/mol. The Balaban J connectivity index is 1.31. The number of aliphatic hydroxyl groups excluding tert-OH is 1. The van der Waals surface area contributed by atoms with E-state index < -0.39 is 119 Å². The maximum absolute atomic E-state index is 15.7.